The number of ether oxygens (including phenoxy) is 2. The van der Waals surface area contributed by atoms with Crippen LogP contribution in [0.15, 0.2) is 48.5 Å². The lowest BCUT2D eigenvalue weighted by Crippen LogP contribution is -2.09. The molecule has 4 heteroatoms. The Labute approximate surface area is 148 Å². The zero-order valence-electron chi connectivity index (χ0n) is 15.0. The maximum Gasteiger partial charge on any atom is 0.343 e. The summed E-state index contributed by atoms with van der Waals surface area (Å²) >= 11 is 0. The van der Waals surface area contributed by atoms with Gasteiger partial charge in [0, 0.05) is 12.0 Å². The van der Waals surface area contributed by atoms with Gasteiger partial charge >= 0.3 is 5.97 Å². The van der Waals surface area contributed by atoms with Gasteiger partial charge in [-0.2, -0.15) is 0 Å². The summed E-state index contributed by atoms with van der Waals surface area (Å²) in [5, 5.41) is 0. The van der Waals surface area contributed by atoms with E-state index in [1.165, 1.54) is 0 Å². The van der Waals surface area contributed by atoms with Crippen molar-refractivity contribution in [2.24, 2.45) is 5.92 Å². The molecule has 0 N–H and O–H groups in total. The zero-order valence-corrected chi connectivity index (χ0v) is 15.0. The average molecular weight is 340 g/mol. The van der Waals surface area contributed by atoms with Crippen LogP contribution in [0.2, 0.25) is 0 Å². The Morgan fingerprint density at radius 1 is 0.880 bits per heavy atom. The van der Waals surface area contributed by atoms with Crippen LogP contribution in [0.3, 0.4) is 0 Å². The smallest absolute Gasteiger partial charge is 0.343 e. The Morgan fingerprint density at radius 2 is 1.44 bits per heavy atom. The molecule has 25 heavy (non-hydrogen) atoms. The lowest BCUT2D eigenvalue weighted by atomic mass is 10.1. The van der Waals surface area contributed by atoms with Crippen LogP contribution in [0.25, 0.3) is 0 Å². The van der Waals surface area contributed by atoms with E-state index in [0.29, 0.717) is 35.8 Å². The number of rotatable bonds is 8. The van der Waals surface area contributed by atoms with Gasteiger partial charge < -0.3 is 9.47 Å². The molecule has 2 aromatic rings. The van der Waals surface area contributed by atoms with Gasteiger partial charge in [-0.05, 0) is 60.9 Å². The van der Waals surface area contributed by atoms with Crippen molar-refractivity contribution >= 4 is 11.8 Å². The first kappa shape index (κ1) is 18.7. The van der Waals surface area contributed by atoms with Gasteiger partial charge in [0.25, 0.3) is 0 Å². The number of carbonyl (C=O) groups is 2. The average Bonchev–Trinajstić information content (AvgIpc) is 2.62. The largest absolute Gasteiger partial charge is 0.494 e. The number of hydrogen-bond acceptors (Lipinski definition) is 4. The molecule has 0 spiro atoms. The molecule has 0 radical (unpaired) electrons. The van der Waals surface area contributed by atoms with Gasteiger partial charge in [0.15, 0.2) is 5.78 Å². The summed E-state index contributed by atoms with van der Waals surface area (Å²) in [5.74, 6) is 1.36. The van der Waals surface area contributed by atoms with E-state index in [0.717, 1.165) is 12.2 Å². The van der Waals surface area contributed by atoms with Crippen molar-refractivity contribution in [3.63, 3.8) is 0 Å². The van der Waals surface area contributed by atoms with E-state index in [-0.39, 0.29) is 5.78 Å². The van der Waals surface area contributed by atoms with Crippen LogP contribution in [0, 0.1) is 5.92 Å². The molecule has 0 aliphatic carbocycles. The highest BCUT2D eigenvalue weighted by Crippen LogP contribution is 2.17. The summed E-state index contributed by atoms with van der Waals surface area (Å²) < 4.78 is 11.0. The van der Waals surface area contributed by atoms with E-state index < -0.39 is 5.97 Å². The van der Waals surface area contributed by atoms with Crippen molar-refractivity contribution in [3.8, 4) is 11.5 Å². The molecular formula is C21H24O4. The summed E-state index contributed by atoms with van der Waals surface area (Å²) in [6, 6.07) is 13.5. The van der Waals surface area contributed by atoms with E-state index in [9.17, 15) is 9.59 Å². The van der Waals surface area contributed by atoms with Crippen molar-refractivity contribution < 1.29 is 19.1 Å². The van der Waals surface area contributed by atoms with Crippen molar-refractivity contribution in [1.29, 1.82) is 0 Å². The molecule has 0 saturated carbocycles. The minimum Gasteiger partial charge on any atom is -0.494 e. The topological polar surface area (TPSA) is 52.6 Å². The highest BCUT2D eigenvalue weighted by atomic mass is 16.5. The van der Waals surface area contributed by atoms with Crippen molar-refractivity contribution in [2.45, 2.75) is 33.6 Å². The number of hydrogen-bond donors (Lipinski definition) is 0. The molecule has 0 bridgehead atoms. The molecule has 2 rings (SSSR count). The van der Waals surface area contributed by atoms with E-state index in [1.54, 1.807) is 48.5 Å². The quantitative estimate of drug-likeness (QED) is 0.389. The molecule has 0 heterocycles. The number of carbonyl (C=O) groups excluding carboxylic acids is 2. The van der Waals surface area contributed by atoms with Gasteiger partial charge in [0.05, 0.1) is 12.2 Å². The predicted octanol–water partition coefficient (Wildman–Crippen LogP) is 4.92. The summed E-state index contributed by atoms with van der Waals surface area (Å²) in [7, 11) is 0. The van der Waals surface area contributed by atoms with Crippen molar-refractivity contribution in [2.75, 3.05) is 6.61 Å². The van der Waals surface area contributed by atoms with Crippen LogP contribution in [0.1, 0.15) is 54.3 Å². The Balaban J connectivity index is 1.93. The van der Waals surface area contributed by atoms with Crippen LogP contribution in [-0.2, 0) is 0 Å². The summed E-state index contributed by atoms with van der Waals surface area (Å²) in [4.78, 5) is 23.8. The zero-order chi connectivity index (χ0) is 18.2. The standard InChI is InChI=1S/C21H24O4/c1-4-20(22)16-5-11-19(12-6-16)25-21(23)17-7-9-18(10-8-17)24-14-13-15(2)3/h5-12,15H,4,13-14H2,1-3H3. The van der Waals surface area contributed by atoms with Crippen molar-refractivity contribution in [3.05, 3.63) is 59.7 Å². The van der Waals surface area contributed by atoms with E-state index >= 15 is 0 Å². The fourth-order valence-electron chi connectivity index (χ4n) is 2.18. The van der Waals surface area contributed by atoms with E-state index in [1.807, 2.05) is 6.92 Å². The third-order valence-corrected chi connectivity index (χ3v) is 3.76. The first-order chi connectivity index (χ1) is 12.0. The Kier molecular flexibility index (Phi) is 6.75. The van der Waals surface area contributed by atoms with Gasteiger partial charge in [-0.1, -0.05) is 20.8 Å². The fraction of sp³-hybridized carbons (Fsp3) is 0.333. The molecular weight excluding hydrogens is 316 g/mol. The molecule has 0 saturated heterocycles. The molecule has 0 aromatic heterocycles. The third-order valence-electron chi connectivity index (χ3n) is 3.76. The second-order valence-electron chi connectivity index (χ2n) is 6.25. The number of benzene rings is 2. The van der Waals surface area contributed by atoms with Crippen LogP contribution < -0.4 is 9.47 Å². The second-order valence-corrected chi connectivity index (χ2v) is 6.25. The monoisotopic (exact) mass is 340 g/mol. The summed E-state index contributed by atoms with van der Waals surface area (Å²) in [5.41, 5.74) is 1.06. The highest BCUT2D eigenvalue weighted by molar-refractivity contribution is 5.96. The number of esters is 1. The minimum absolute atomic E-state index is 0.0610. The van der Waals surface area contributed by atoms with Gasteiger partial charge in [0.1, 0.15) is 11.5 Å². The Hall–Kier alpha value is -2.62. The van der Waals surface area contributed by atoms with Gasteiger partial charge in [0.2, 0.25) is 0 Å². The molecule has 0 fully saturated rings. The molecule has 0 amide bonds. The molecule has 0 aliphatic rings. The van der Waals surface area contributed by atoms with Gasteiger partial charge in [-0.25, -0.2) is 4.79 Å². The van der Waals surface area contributed by atoms with Crippen LogP contribution in [0.5, 0.6) is 11.5 Å². The normalized spacial score (nSPS) is 10.6. The molecule has 0 aliphatic heterocycles. The van der Waals surface area contributed by atoms with Crippen molar-refractivity contribution in [1.82, 2.24) is 0 Å². The second kappa shape index (κ2) is 9.02. The Morgan fingerprint density at radius 3 is 2.00 bits per heavy atom. The first-order valence-electron chi connectivity index (χ1n) is 8.58. The summed E-state index contributed by atoms with van der Waals surface area (Å²) in [6.45, 7) is 6.76. The first-order valence-corrected chi connectivity index (χ1v) is 8.58. The molecule has 2 aromatic carbocycles. The molecule has 0 unspecified atom stereocenters. The maximum atomic E-state index is 12.2. The molecule has 132 valence electrons. The summed E-state index contributed by atoms with van der Waals surface area (Å²) in [6.07, 6.45) is 1.44. The molecule has 0 atom stereocenters. The third kappa shape index (κ3) is 5.75. The van der Waals surface area contributed by atoms with Crippen LogP contribution in [0.4, 0.5) is 0 Å². The van der Waals surface area contributed by atoms with Gasteiger partial charge in [-0.3, -0.25) is 4.79 Å². The predicted molar refractivity (Wildman–Crippen MR) is 97.4 cm³/mol. The van der Waals surface area contributed by atoms with Crippen LogP contribution in [-0.4, -0.2) is 18.4 Å². The SMILES string of the molecule is CCC(=O)c1ccc(OC(=O)c2ccc(OCCC(C)C)cc2)cc1. The van der Waals surface area contributed by atoms with Crippen LogP contribution >= 0.6 is 0 Å². The van der Waals surface area contributed by atoms with E-state index in [2.05, 4.69) is 13.8 Å². The highest BCUT2D eigenvalue weighted by Gasteiger charge is 2.10. The minimum atomic E-state index is -0.441. The number of ketones is 1. The molecule has 4 nitrogen and oxygen atoms in total. The lowest BCUT2D eigenvalue weighted by Gasteiger charge is -2.09. The maximum absolute atomic E-state index is 12.2. The van der Waals surface area contributed by atoms with Gasteiger partial charge in [-0.15, -0.1) is 0 Å². The number of Topliss-reactive ketones (excluding diaryl/α,β-unsaturated/α-hetero) is 1. The fourth-order valence-corrected chi connectivity index (χ4v) is 2.18. The Bertz CT molecular complexity index is 700. The lowest BCUT2D eigenvalue weighted by molar-refractivity contribution is 0.0734. The van der Waals surface area contributed by atoms with E-state index in [4.69, 9.17) is 9.47 Å².